The van der Waals surface area contributed by atoms with E-state index in [4.69, 9.17) is 0 Å². The third-order valence-electron chi connectivity index (χ3n) is 4.21. The van der Waals surface area contributed by atoms with Crippen LogP contribution < -0.4 is 10.6 Å². The molecule has 1 aliphatic heterocycles. The van der Waals surface area contributed by atoms with Crippen LogP contribution in [0.15, 0.2) is 22.5 Å². The predicted molar refractivity (Wildman–Crippen MR) is 109 cm³/mol. The monoisotopic (exact) mass is 460 g/mol. The molecule has 2 N–H and O–H groups in total. The van der Waals surface area contributed by atoms with Crippen LogP contribution in [0.2, 0.25) is 0 Å². The average molecular weight is 460 g/mol. The van der Waals surface area contributed by atoms with E-state index in [0.717, 1.165) is 37.1 Å². The summed E-state index contributed by atoms with van der Waals surface area (Å²) in [5.74, 6) is 2.88. The first-order valence-corrected chi connectivity index (χ1v) is 8.87. The molecule has 0 aromatic carbocycles. The number of guanidine groups is 1. The van der Waals surface area contributed by atoms with E-state index in [1.54, 1.807) is 18.4 Å². The Balaban J connectivity index is 0.00000208. The number of hydrogen-bond acceptors (Lipinski definition) is 4. The number of nitrogens with one attached hydrogen (secondary N) is 2. The van der Waals surface area contributed by atoms with E-state index in [1.165, 1.54) is 11.3 Å². The molecule has 0 saturated heterocycles. The van der Waals surface area contributed by atoms with E-state index < -0.39 is 0 Å². The summed E-state index contributed by atoms with van der Waals surface area (Å²) < 4.78 is 2.20. The van der Waals surface area contributed by atoms with E-state index in [9.17, 15) is 0 Å². The first-order chi connectivity index (χ1) is 11.1. The highest BCUT2D eigenvalue weighted by molar-refractivity contribution is 14.0. The lowest BCUT2D eigenvalue weighted by Gasteiger charge is -2.25. The largest absolute Gasteiger partial charge is 0.356 e. The zero-order chi connectivity index (χ0) is 16.3. The SMILES string of the molecule is CN=C(NCc1nnc2n1CCC2)NCC(C)(C)c1cccs1.I. The molecular weight excluding hydrogens is 435 g/mol. The molecule has 132 valence electrons. The van der Waals surface area contributed by atoms with Crippen LogP contribution in [0, 0.1) is 0 Å². The summed E-state index contributed by atoms with van der Waals surface area (Å²) in [7, 11) is 1.79. The van der Waals surface area contributed by atoms with Crippen molar-refractivity contribution in [2.45, 2.75) is 45.2 Å². The standard InChI is InChI=1S/C16H24N6S.HI/c1-16(2,12-6-5-9-23-12)11-19-15(17-3)18-10-14-21-20-13-7-4-8-22(13)14;/h5-6,9H,4,7-8,10-11H2,1-3H3,(H2,17,18,19);1H. The molecule has 2 aromatic heterocycles. The van der Waals surface area contributed by atoms with Crippen molar-refractivity contribution in [3.63, 3.8) is 0 Å². The second-order valence-corrected chi connectivity index (χ2v) is 7.38. The quantitative estimate of drug-likeness (QED) is 0.409. The van der Waals surface area contributed by atoms with Gasteiger partial charge in [0.15, 0.2) is 11.8 Å². The highest BCUT2D eigenvalue weighted by Gasteiger charge is 2.22. The number of thiophene rings is 1. The van der Waals surface area contributed by atoms with Gasteiger partial charge in [0, 0.05) is 36.9 Å². The number of hydrogen-bond donors (Lipinski definition) is 2. The van der Waals surface area contributed by atoms with Crippen molar-refractivity contribution in [3.05, 3.63) is 34.0 Å². The normalized spacial score (nSPS) is 14.2. The van der Waals surface area contributed by atoms with Crippen molar-refractivity contribution in [2.24, 2.45) is 4.99 Å². The van der Waals surface area contributed by atoms with Crippen molar-refractivity contribution < 1.29 is 0 Å². The Hall–Kier alpha value is -1.16. The molecule has 0 amide bonds. The summed E-state index contributed by atoms with van der Waals surface area (Å²) in [6, 6.07) is 4.28. The fourth-order valence-electron chi connectivity index (χ4n) is 2.78. The van der Waals surface area contributed by atoms with Gasteiger partial charge in [-0.3, -0.25) is 4.99 Å². The minimum absolute atomic E-state index is 0. The smallest absolute Gasteiger partial charge is 0.191 e. The molecule has 6 nitrogen and oxygen atoms in total. The number of aliphatic imine (C=N–C) groups is 1. The van der Waals surface area contributed by atoms with Gasteiger partial charge in [0.1, 0.15) is 5.82 Å². The van der Waals surface area contributed by atoms with Gasteiger partial charge in [-0.1, -0.05) is 19.9 Å². The number of aryl methyl sites for hydroxylation is 1. The maximum absolute atomic E-state index is 4.31. The van der Waals surface area contributed by atoms with Gasteiger partial charge < -0.3 is 15.2 Å². The van der Waals surface area contributed by atoms with Gasteiger partial charge in [-0.05, 0) is 17.9 Å². The summed E-state index contributed by atoms with van der Waals surface area (Å²) in [4.78, 5) is 5.68. The Morgan fingerprint density at radius 1 is 1.38 bits per heavy atom. The van der Waals surface area contributed by atoms with E-state index >= 15 is 0 Å². The molecular formula is C16H25IN6S. The number of nitrogens with zero attached hydrogens (tertiary/aromatic N) is 4. The lowest BCUT2D eigenvalue weighted by Crippen LogP contribution is -2.43. The fourth-order valence-corrected chi connectivity index (χ4v) is 3.63. The maximum Gasteiger partial charge on any atom is 0.191 e. The van der Waals surface area contributed by atoms with E-state index in [-0.39, 0.29) is 29.4 Å². The lowest BCUT2D eigenvalue weighted by atomic mass is 9.91. The van der Waals surface area contributed by atoms with Gasteiger partial charge in [-0.25, -0.2) is 0 Å². The van der Waals surface area contributed by atoms with Crippen molar-refractivity contribution in [3.8, 4) is 0 Å². The lowest BCUT2D eigenvalue weighted by molar-refractivity contribution is 0.517. The van der Waals surface area contributed by atoms with Crippen LogP contribution in [0.1, 0.15) is 36.8 Å². The first kappa shape index (κ1) is 19.2. The molecule has 0 unspecified atom stereocenters. The Kier molecular flexibility index (Phi) is 6.62. The number of rotatable bonds is 5. The van der Waals surface area contributed by atoms with Gasteiger partial charge in [0.05, 0.1) is 6.54 Å². The molecule has 3 rings (SSSR count). The van der Waals surface area contributed by atoms with Crippen molar-refractivity contribution in [1.82, 2.24) is 25.4 Å². The number of aromatic nitrogens is 3. The minimum Gasteiger partial charge on any atom is -0.356 e. The molecule has 8 heteroatoms. The molecule has 0 saturated carbocycles. The summed E-state index contributed by atoms with van der Waals surface area (Å²) in [5.41, 5.74) is 0.0713. The minimum atomic E-state index is 0. The van der Waals surface area contributed by atoms with Crippen LogP contribution in [-0.2, 0) is 24.9 Å². The zero-order valence-corrected chi connectivity index (χ0v) is 17.5. The Labute approximate surface area is 164 Å². The van der Waals surface area contributed by atoms with Crippen LogP contribution >= 0.6 is 35.3 Å². The Morgan fingerprint density at radius 3 is 2.92 bits per heavy atom. The predicted octanol–water partition coefficient (Wildman–Crippen LogP) is 2.55. The van der Waals surface area contributed by atoms with Crippen LogP contribution in [0.5, 0.6) is 0 Å². The van der Waals surface area contributed by atoms with Gasteiger partial charge >= 0.3 is 0 Å². The number of halogens is 1. The fraction of sp³-hybridized carbons (Fsp3) is 0.562. The summed E-state index contributed by atoms with van der Waals surface area (Å²) >= 11 is 1.79. The number of fused-ring (bicyclic) bond motifs is 1. The van der Waals surface area contributed by atoms with Crippen molar-refractivity contribution in [2.75, 3.05) is 13.6 Å². The Morgan fingerprint density at radius 2 is 2.21 bits per heavy atom. The highest BCUT2D eigenvalue weighted by Crippen LogP contribution is 2.26. The molecule has 0 radical (unpaired) electrons. The average Bonchev–Trinajstić information content (AvgIpc) is 3.26. The molecule has 2 aromatic rings. The van der Waals surface area contributed by atoms with Gasteiger partial charge in [0.2, 0.25) is 0 Å². The molecule has 0 aliphatic carbocycles. The molecule has 0 atom stereocenters. The zero-order valence-electron chi connectivity index (χ0n) is 14.4. The molecule has 24 heavy (non-hydrogen) atoms. The van der Waals surface area contributed by atoms with Gasteiger partial charge in [0.25, 0.3) is 0 Å². The van der Waals surface area contributed by atoms with Crippen LogP contribution in [0.4, 0.5) is 0 Å². The van der Waals surface area contributed by atoms with Gasteiger partial charge in [-0.15, -0.1) is 45.5 Å². The first-order valence-electron chi connectivity index (χ1n) is 7.99. The summed E-state index contributed by atoms with van der Waals surface area (Å²) in [6.45, 7) is 6.98. The van der Waals surface area contributed by atoms with Crippen molar-refractivity contribution >= 4 is 41.3 Å². The topological polar surface area (TPSA) is 67.1 Å². The van der Waals surface area contributed by atoms with Crippen molar-refractivity contribution in [1.29, 1.82) is 0 Å². The second-order valence-electron chi connectivity index (χ2n) is 6.43. The van der Waals surface area contributed by atoms with Crippen LogP contribution in [-0.4, -0.2) is 34.3 Å². The third kappa shape index (κ3) is 4.27. The molecule has 0 spiro atoms. The Bertz CT molecular complexity index is 677. The van der Waals surface area contributed by atoms with E-state index in [1.807, 2.05) is 0 Å². The molecule has 1 aliphatic rings. The third-order valence-corrected chi connectivity index (χ3v) is 5.45. The van der Waals surface area contributed by atoms with Crippen LogP contribution in [0.3, 0.4) is 0 Å². The molecule has 3 heterocycles. The highest BCUT2D eigenvalue weighted by atomic mass is 127. The van der Waals surface area contributed by atoms with E-state index in [2.05, 4.69) is 61.8 Å². The summed E-state index contributed by atoms with van der Waals surface area (Å²) in [6.07, 6.45) is 2.20. The molecule has 0 fully saturated rings. The second kappa shape index (κ2) is 8.28. The molecule has 0 bridgehead atoms. The summed E-state index contributed by atoms with van der Waals surface area (Å²) in [5, 5.41) is 17.4. The van der Waals surface area contributed by atoms with Gasteiger partial charge in [-0.2, -0.15) is 0 Å². The maximum atomic E-state index is 4.31. The van der Waals surface area contributed by atoms with Crippen LogP contribution in [0.25, 0.3) is 0 Å². The van der Waals surface area contributed by atoms with E-state index in [0.29, 0.717) is 6.54 Å².